The molecule has 2 rings (SSSR count). The van der Waals surface area contributed by atoms with Gasteiger partial charge in [0.05, 0.1) is 12.4 Å². The third-order valence-electron chi connectivity index (χ3n) is 2.58. The highest BCUT2D eigenvalue weighted by molar-refractivity contribution is 5.68. The van der Waals surface area contributed by atoms with Crippen molar-refractivity contribution in [3.63, 3.8) is 0 Å². The highest BCUT2D eigenvalue weighted by atomic mass is 16.5. The van der Waals surface area contributed by atoms with Crippen LogP contribution in [0.3, 0.4) is 0 Å². The lowest BCUT2D eigenvalue weighted by molar-refractivity contribution is -0.139. The first-order valence-corrected chi connectivity index (χ1v) is 5.95. The second kappa shape index (κ2) is 5.95. The Hall–Kier alpha value is -2.43. The Morgan fingerprint density at radius 1 is 1.32 bits per heavy atom. The van der Waals surface area contributed by atoms with Crippen LogP contribution in [-0.4, -0.2) is 27.7 Å². The average Bonchev–Trinajstić information content (AvgIpc) is 2.45. The fourth-order valence-electron chi connectivity index (χ4n) is 1.62. The number of carboxylic acid groups (broad SMARTS) is 1. The van der Waals surface area contributed by atoms with Crippen molar-refractivity contribution in [1.82, 2.24) is 9.97 Å². The molecule has 0 bridgehead atoms. The molecule has 0 aliphatic carbocycles. The zero-order valence-corrected chi connectivity index (χ0v) is 10.5. The number of nitrogens with zero attached hydrogens (tertiary/aromatic N) is 2. The standard InChI is InChI=1S/C14H14N2O3/c1-2-10-4-3-5-11(6-10)14-15-7-12(8-16-14)19-9-13(17)18/h3-8H,2,9H2,1H3,(H,17,18). The number of aromatic nitrogens is 2. The number of ether oxygens (including phenoxy) is 1. The third-order valence-corrected chi connectivity index (χ3v) is 2.58. The van der Waals surface area contributed by atoms with E-state index < -0.39 is 12.6 Å². The van der Waals surface area contributed by atoms with Gasteiger partial charge in [-0.25, -0.2) is 14.8 Å². The van der Waals surface area contributed by atoms with Crippen molar-refractivity contribution >= 4 is 5.97 Å². The molecule has 0 saturated carbocycles. The zero-order chi connectivity index (χ0) is 13.7. The van der Waals surface area contributed by atoms with Crippen LogP contribution in [0.25, 0.3) is 11.4 Å². The number of hydrogen-bond acceptors (Lipinski definition) is 4. The molecule has 1 aromatic carbocycles. The topological polar surface area (TPSA) is 72.3 Å². The van der Waals surface area contributed by atoms with E-state index in [0.717, 1.165) is 12.0 Å². The largest absolute Gasteiger partial charge is 0.479 e. The first-order valence-electron chi connectivity index (χ1n) is 5.95. The van der Waals surface area contributed by atoms with Crippen molar-refractivity contribution < 1.29 is 14.6 Å². The van der Waals surface area contributed by atoms with Gasteiger partial charge in [-0.3, -0.25) is 0 Å². The number of carbonyl (C=O) groups is 1. The monoisotopic (exact) mass is 258 g/mol. The third kappa shape index (κ3) is 3.51. The number of aliphatic carboxylic acids is 1. The van der Waals surface area contributed by atoms with E-state index in [9.17, 15) is 4.79 Å². The van der Waals surface area contributed by atoms with Crippen molar-refractivity contribution in [2.45, 2.75) is 13.3 Å². The Morgan fingerprint density at radius 2 is 2.05 bits per heavy atom. The van der Waals surface area contributed by atoms with Crippen molar-refractivity contribution in [2.75, 3.05) is 6.61 Å². The molecule has 0 amide bonds. The molecule has 0 aliphatic rings. The van der Waals surface area contributed by atoms with Gasteiger partial charge in [-0.1, -0.05) is 25.1 Å². The summed E-state index contributed by atoms with van der Waals surface area (Å²) in [6.45, 7) is 1.69. The number of benzene rings is 1. The minimum Gasteiger partial charge on any atom is -0.479 e. The normalized spacial score (nSPS) is 10.2. The molecule has 0 aliphatic heterocycles. The maximum atomic E-state index is 10.4. The zero-order valence-electron chi connectivity index (χ0n) is 10.5. The number of rotatable bonds is 5. The van der Waals surface area contributed by atoms with Gasteiger partial charge in [-0.2, -0.15) is 0 Å². The molecule has 0 saturated heterocycles. The minimum atomic E-state index is -1.03. The highest BCUT2D eigenvalue weighted by Gasteiger charge is 2.04. The SMILES string of the molecule is CCc1cccc(-c2ncc(OCC(=O)O)cn2)c1. The number of hydrogen-bond donors (Lipinski definition) is 1. The maximum absolute atomic E-state index is 10.4. The van der Waals surface area contributed by atoms with E-state index in [0.29, 0.717) is 11.6 Å². The predicted octanol–water partition coefficient (Wildman–Crippen LogP) is 2.17. The van der Waals surface area contributed by atoms with Crippen molar-refractivity contribution in [1.29, 1.82) is 0 Å². The van der Waals surface area contributed by atoms with E-state index in [2.05, 4.69) is 16.9 Å². The van der Waals surface area contributed by atoms with Crippen LogP contribution < -0.4 is 4.74 Å². The first-order chi connectivity index (χ1) is 9.19. The first kappa shape index (κ1) is 13.0. The van der Waals surface area contributed by atoms with E-state index in [4.69, 9.17) is 9.84 Å². The van der Waals surface area contributed by atoms with E-state index in [1.165, 1.54) is 18.0 Å². The van der Waals surface area contributed by atoms with Gasteiger partial charge in [0.2, 0.25) is 0 Å². The summed E-state index contributed by atoms with van der Waals surface area (Å²) in [6, 6.07) is 7.99. The summed E-state index contributed by atoms with van der Waals surface area (Å²) < 4.78 is 4.98. The molecule has 0 radical (unpaired) electrons. The fourth-order valence-corrected chi connectivity index (χ4v) is 1.62. The van der Waals surface area contributed by atoms with Crippen LogP contribution in [0.15, 0.2) is 36.7 Å². The summed E-state index contributed by atoms with van der Waals surface area (Å²) in [4.78, 5) is 18.7. The summed E-state index contributed by atoms with van der Waals surface area (Å²) >= 11 is 0. The predicted molar refractivity (Wildman–Crippen MR) is 70.0 cm³/mol. The van der Waals surface area contributed by atoms with Gasteiger partial charge in [0.1, 0.15) is 0 Å². The molecule has 2 aromatic rings. The smallest absolute Gasteiger partial charge is 0.341 e. The van der Waals surface area contributed by atoms with Gasteiger partial charge in [0.15, 0.2) is 18.2 Å². The molecule has 5 heteroatoms. The Bertz CT molecular complexity index is 567. The average molecular weight is 258 g/mol. The van der Waals surface area contributed by atoms with Crippen LogP contribution in [0.2, 0.25) is 0 Å². The van der Waals surface area contributed by atoms with Crippen LogP contribution in [0.5, 0.6) is 5.75 Å². The lowest BCUT2D eigenvalue weighted by Crippen LogP contribution is -2.09. The molecular weight excluding hydrogens is 244 g/mol. The van der Waals surface area contributed by atoms with Gasteiger partial charge in [-0.05, 0) is 18.1 Å². The quantitative estimate of drug-likeness (QED) is 0.889. The molecule has 0 atom stereocenters. The molecule has 5 nitrogen and oxygen atoms in total. The van der Waals surface area contributed by atoms with E-state index in [1.54, 1.807) is 0 Å². The molecule has 1 N–H and O–H groups in total. The number of carboxylic acids is 1. The second-order valence-electron chi connectivity index (χ2n) is 3.98. The van der Waals surface area contributed by atoms with Crippen LogP contribution in [0.1, 0.15) is 12.5 Å². The van der Waals surface area contributed by atoms with Gasteiger partial charge in [0.25, 0.3) is 0 Å². The lowest BCUT2D eigenvalue weighted by atomic mass is 10.1. The summed E-state index contributed by atoms with van der Waals surface area (Å²) in [5, 5.41) is 8.50. The summed E-state index contributed by atoms with van der Waals surface area (Å²) in [6.07, 6.45) is 3.90. The molecule has 1 aromatic heterocycles. The molecule has 0 fully saturated rings. The van der Waals surface area contributed by atoms with Gasteiger partial charge < -0.3 is 9.84 Å². The molecule has 0 unspecified atom stereocenters. The molecule has 0 spiro atoms. The van der Waals surface area contributed by atoms with Crippen LogP contribution in [-0.2, 0) is 11.2 Å². The molecular formula is C14H14N2O3. The Kier molecular flexibility index (Phi) is 4.07. The Morgan fingerprint density at radius 3 is 2.68 bits per heavy atom. The van der Waals surface area contributed by atoms with Crippen molar-refractivity contribution in [2.24, 2.45) is 0 Å². The second-order valence-corrected chi connectivity index (χ2v) is 3.98. The van der Waals surface area contributed by atoms with Crippen molar-refractivity contribution in [3.8, 4) is 17.1 Å². The molecule has 19 heavy (non-hydrogen) atoms. The molecule has 98 valence electrons. The van der Waals surface area contributed by atoms with E-state index >= 15 is 0 Å². The lowest BCUT2D eigenvalue weighted by Gasteiger charge is -2.05. The van der Waals surface area contributed by atoms with Gasteiger partial charge in [0, 0.05) is 5.56 Å². The Labute approximate surface area is 110 Å². The van der Waals surface area contributed by atoms with E-state index in [-0.39, 0.29) is 0 Å². The molecule has 1 heterocycles. The minimum absolute atomic E-state index is 0.345. The summed E-state index contributed by atoms with van der Waals surface area (Å²) in [5.74, 6) is -0.0875. The van der Waals surface area contributed by atoms with Gasteiger partial charge >= 0.3 is 5.97 Å². The Balaban J connectivity index is 2.15. The van der Waals surface area contributed by atoms with Crippen molar-refractivity contribution in [3.05, 3.63) is 42.2 Å². The van der Waals surface area contributed by atoms with Gasteiger partial charge in [-0.15, -0.1) is 0 Å². The maximum Gasteiger partial charge on any atom is 0.341 e. The summed E-state index contributed by atoms with van der Waals surface area (Å²) in [7, 11) is 0. The highest BCUT2D eigenvalue weighted by Crippen LogP contribution is 2.18. The van der Waals surface area contributed by atoms with Crippen LogP contribution in [0, 0.1) is 0 Å². The fraction of sp³-hybridized carbons (Fsp3) is 0.214. The van der Waals surface area contributed by atoms with E-state index in [1.807, 2.05) is 24.3 Å². The van der Waals surface area contributed by atoms with Crippen LogP contribution in [0.4, 0.5) is 0 Å². The summed E-state index contributed by atoms with van der Waals surface area (Å²) in [5.41, 5.74) is 2.15. The number of aryl methyl sites for hydroxylation is 1. The van der Waals surface area contributed by atoms with Crippen LogP contribution >= 0.6 is 0 Å².